The molecule has 2 aromatic carbocycles. The summed E-state index contributed by atoms with van der Waals surface area (Å²) in [6, 6.07) is 16.1. The monoisotopic (exact) mass is 346 g/mol. The molecule has 0 aliphatic rings. The van der Waals surface area contributed by atoms with Gasteiger partial charge in [0.2, 0.25) is 0 Å². The van der Waals surface area contributed by atoms with Gasteiger partial charge in [-0.3, -0.25) is 0 Å². The van der Waals surface area contributed by atoms with E-state index in [2.05, 4.69) is 33.9 Å². The summed E-state index contributed by atoms with van der Waals surface area (Å²) in [5.74, 6) is 0.375. The van der Waals surface area contributed by atoms with Crippen molar-refractivity contribution in [3.63, 3.8) is 0 Å². The zero-order chi connectivity index (χ0) is 17.8. The van der Waals surface area contributed by atoms with Crippen LogP contribution >= 0.6 is 0 Å². The van der Waals surface area contributed by atoms with Crippen molar-refractivity contribution >= 4 is 8.32 Å². The zero-order valence-electron chi connectivity index (χ0n) is 15.2. The van der Waals surface area contributed by atoms with Crippen LogP contribution in [0.15, 0.2) is 54.6 Å². The molecule has 0 aromatic heterocycles. The highest BCUT2D eigenvalue weighted by Crippen LogP contribution is 2.37. The summed E-state index contributed by atoms with van der Waals surface area (Å²) in [7, 11) is -1.87. The maximum absolute atomic E-state index is 13.1. The first-order chi connectivity index (χ1) is 11.2. The van der Waals surface area contributed by atoms with Crippen LogP contribution in [0.4, 0.5) is 4.39 Å². The number of halogens is 1. The van der Waals surface area contributed by atoms with Gasteiger partial charge in [0.15, 0.2) is 8.32 Å². The molecule has 0 bridgehead atoms. The second kappa shape index (κ2) is 7.49. The molecule has 1 atom stereocenters. The Balaban J connectivity index is 2.16. The fourth-order valence-corrected chi connectivity index (χ4v) is 3.04. The summed E-state index contributed by atoms with van der Waals surface area (Å²) < 4.78 is 25.5. The predicted molar refractivity (Wildman–Crippen MR) is 99.4 cm³/mol. The van der Waals surface area contributed by atoms with E-state index in [0.29, 0.717) is 12.4 Å². The molecule has 0 radical (unpaired) electrons. The van der Waals surface area contributed by atoms with Crippen LogP contribution < -0.4 is 4.74 Å². The fraction of sp³-hybridized carbons (Fsp3) is 0.400. The SMILES string of the molecule is CC(C)(C)[Si](C)(C)OCC(Oc1ccc(F)cc1)c1ccccc1. The van der Waals surface area contributed by atoms with Gasteiger partial charge in [-0.15, -0.1) is 0 Å². The van der Waals surface area contributed by atoms with Crippen molar-refractivity contribution in [2.45, 2.75) is 45.0 Å². The predicted octanol–water partition coefficient (Wildman–Crippen LogP) is 5.97. The van der Waals surface area contributed by atoms with Gasteiger partial charge in [-0.1, -0.05) is 51.1 Å². The van der Waals surface area contributed by atoms with Crippen LogP contribution in [0.25, 0.3) is 0 Å². The average molecular weight is 347 g/mol. The summed E-state index contributed by atoms with van der Waals surface area (Å²) in [6.45, 7) is 11.6. The van der Waals surface area contributed by atoms with Gasteiger partial charge in [-0.2, -0.15) is 0 Å². The minimum absolute atomic E-state index is 0.143. The van der Waals surface area contributed by atoms with Crippen molar-refractivity contribution in [3.05, 3.63) is 66.0 Å². The lowest BCUT2D eigenvalue weighted by Gasteiger charge is -2.37. The standard InChI is InChI=1S/C20H27FO2Si/c1-20(2,3)24(4,5)22-15-19(16-9-7-6-8-10-16)23-18-13-11-17(21)12-14-18/h6-14,19H,15H2,1-5H3. The normalized spacial score (nSPS) is 13.6. The molecule has 130 valence electrons. The van der Waals surface area contributed by atoms with E-state index in [1.165, 1.54) is 12.1 Å². The lowest BCUT2D eigenvalue weighted by atomic mass is 10.1. The Kier molecular flexibility index (Phi) is 5.83. The quantitative estimate of drug-likeness (QED) is 0.600. The molecule has 0 amide bonds. The van der Waals surface area contributed by atoms with Crippen LogP contribution in [-0.2, 0) is 4.43 Å². The molecule has 0 aliphatic heterocycles. The van der Waals surface area contributed by atoms with Crippen molar-refractivity contribution in [2.24, 2.45) is 0 Å². The maximum Gasteiger partial charge on any atom is 0.192 e. The van der Waals surface area contributed by atoms with Gasteiger partial charge >= 0.3 is 0 Å². The van der Waals surface area contributed by atoms with Gasteiger partial charge in [0, 0.05) is 0 Å². The molecule has 2 rings (SSSR count). The highest BCUT2D eigenvalue weighted by atomic mass is 28.4. The molecular weight excluding hydrogens is 319 g/mol. The van der Waals surface area contributed by atoms with Crippen molar-refractivity contribution in [1.29, 1.82) is 0 Å². The van der Waals surface area contributed by atoms with Crippen LogP contribution in [0.3, 0.4) is 0 Å². The Morgan fingerprint density at radius 2 is 1.54 bits per heavy atom. The van der Waals surface area contributed by atoms with Crippen LogP contribution in [-0.4, -0.2) is 14.9 Å². The molecule has 2 aromatic rings. The molecular formula is C20H27FO2Si. The second-order valence-electron chi connectivity index (χ2n) is 7.54. The zero-order valence-corrected chi connectivity index (χ0v) is 16.2. The lowest BCUT2D eigenvalue weighted by Crippen LogP contribution is -2.42. The number of rotatable bonds is 6. The number of hydrogen-bond acceptors (Lipinski definition) is 2. The summed E-state index contributed by atoms with van der Waals surface area (Å²) in [4.78, 5) is 0. The van der Waals surface area contributed by atoms with Gasteiger partial charge in [-0.05, 0) is 48.0 Å². The topological polar surface area (TPSA) is 18.5 Å². The van der Waals surface area contributed by atoms with E-state index >= 15 is 0 Å². The van der Waals surface area contributed by atoms with Crippen LogP contribution in [0.2, 0.25) is 18.1 Å². The molecule has 0 saturated heterocycles. The van der Waals surface area contributed by atoms with Gasteiger partial charge in [0.25, 0.3) is 0 Å². The molecule has 24 heavy (non-hydrogen) atoms. The first-order valence-corrected chi connectivity index (χ1v) is 11.2. The van der Waals surface area contributed by atoms with E-state index in [9.17, 15) is 4.39 Å². The van der Waals surface area contributed by atoms with Gasteiger partial charge in [0.05, 0.1) is 6.61 Å². The van der Waals surface area contributed by atoms with E-state index in [1.54, 1.807) is 12.1 Å². The van der Waals surface area contributed by atoms with E-state index in [4.69, 9.17) is 9.16 Å². The number of hydrogen-bond donors (Lipinski definition) is 0. The third kappa shape index (κ3) is 4.92. The Hall–Kier alpha value is -1.65. The van der Waals surface area contributed by atoms with Gasteiger partial charge in [0.1, 0.15) is 17.7 Å². The maximum atomic E-state index is 13.1. The molecule has 0 fully saturated rings. The van der Waals surface area contributed by atoms with E-state index < -0.39 is 8.32 Å². The highest BCUT2D eigenvalue weighted by Gasteiger charge is 2.37. The minimum atomic E-state index is -1.87. The van der Waals surface area contributed by atoms with E-state index in [-0.39, 0.29) is 17.0 Å². The summed E-state index contributed by atoms with van der Waals surface area (Å²) in [5.41, 5.74) is 1.06. The molecule has 0 aliphatic carbocycles. The van der Waals surface area contributed by atoms with Crippen molar-refractivity contribution in [2.75, 3.05) is 6.61 Å². The van der Waals surface area contributed by atoms with Crippen molar-refractivity contribution < 1.29 is 13.6 Å². The lowest BCUT2D eigenvalue weighted by molar-refractivity contribution is 0.121. The van der Waals surface area contributed by atoms with Crippen molar-refractivity contribution in [1.82, 2.24) is 0 Å². The Bertz CT molecular complexity index is 633. The van der Waals surface area contributed by atoms with E-state index in [0.717, 1.165) is 5.56 Å². The smallest absolute Gasteiger partial charge is 0.192 e. The molecule has 0 N–H and O–H groups in total. The molecule has 2 nitrogen and oxygen atoms in total. The molecule has 4 heteroatoms. The van der Waals surface area contributed by atoms with Crippen LogP contribution in [0, 0.1) is 5.82 Å². The van der Waals surface area contributed by atoms with Crippen LogP contribution in [0.5, 0.6) is 5.75 Å². The molecule has 0 saturated carbocycles. The average Bonchev–Trinajstić information content (AvgIpc) is 2.53. The van der Waals surface area contributed by atoms with Crippen LogP contribution in [0.1, 0.15) is 32.4 Å². The van der Waals surface area contributed by atoms with Gasteiger partial charge in [-0.25, -0.2) is 4.39 Å². The molecule has 0 heterocycles. The summed E-state index contributed by atoms with van der Waals surface area (Å²) >= 11 is 0. The molecule has 0 spiro atoms. The summed E-state index contributed by atoms with van der Waals surface area (Å²) in [5, 5.41) is 0.143. The fourth-order valence-electron chi connectivity index (χ4n) is 2.04. The first kappa shape index (κ1) is 18.7. The summed E-state index contributed by atoms with van der Waals surface area (Å²) in [6.07, 6.45) is -0.217. The van der Waals surface area contributed by atoms with E-state index in [1.807, 2.05) is 30.3 Å². The second-order valence-corrected chi connectivity index (χ2v) is 12.4. The Labute approximate surface area is 145 Å². The Morgan fingerprint density at radius 1 is 0.958 bits per heavy atom. The number of benzene rings is 2. The largest absolute Gasteiger partial charge is 0.483 e. The third-order valence-electron chi connectivity index (χ3n) is 4.67. The highest BCUT2D eigenvalue weighted by molar-refractivity contribution is 6.74. The third-order valence-corrected chi connectivity index (χ3v) is 9.17. The number of ether oxygens (including phenoxy) is 1. The first-order valence-electron chi connectivity index (χ1n) is 8.30. The Morgan fingerprint density at radius 3 is 2.08 bits per heavy atom. The molecule has 1 unspecified atom stereocenters. The van der Waals surface area contributed by atoms with Crippen molar-refractivity contribution in [3.8, 4) is 5.75 Å². The minimum Gasteiger partial charge on any atom is -0.483 e. The van der Waals surface area contributed by atoms with Gasteiger partial charge < -0.3 is 9.16 Å².